The Morgan fingerprint density at radius 1 is 1.53 bits per heavy atom. The molecule has 106 valence electrons. The molecular formula is C11H15ClN2O4S. The number of nitrogens with zero attached hydrogens (tertiary/aromatic N) is 1. The molecule has 0 aromatic heterocycles. The van der Waals surface area contributed by atoms with Crippen molar-refractivity contribution in [2.75, 3.05) is 18.1 Å². The molecular weight excluding hydrogens is 292 g/mol. The Bertz CT molecular complexity index is 572. The molecule has 0 aliphatic carbocycles. The number of rotatable bonds is 6. The molecule has 0 spiro atoms. The van der Waals surface area contributed by atoms with Crippen LogP contribution in [0.3, 0.4) is 0 Å². The Hall–Kier alpha value is -1.47. The second-order valence-corrected chi connectivity index (χ2v) is 6.60. The van der Waals surface area contributed by atoms with Gasteiger partial charge in [0.25, 0.3) is 0 Å². The smallest absolute Gasteiger partial charge is 0.170 e. The maximum Gasteiger partial charge on any atom is 0.170 e. The number of amidine groups is 1. The number of oxime groups is 1. The molecule has 0 heterocycles. The summed E-state index contributed by atoms with van der Waals surface area (Å²) in [5.74, 6) is 0.290. The summed E-state index contributed by atoms with van der Waals surface area (Å²) < 4.78 is 27.9. The predicted octanol–water partition coefficient (Wildman–Crippen LogP) is 1.25. The van der Waals surface area contributed by atoms with Gasteiger partial charge in [-0.25, -0.2) is 8.42 Å². The molecule has 0 atom stereocenters. The SMILES string of the molecule is CCS(=O)(=O)CCOc1ccc(/C(N)=N/O)cc1Cl. The van der Waals surface area contributed by atoms with Crippen molar-refractivity contribution >= 4 is 27.3 Å². The largest absolute Gasteiger partial charge is 0.491 e. The maximum atomic E-state index is 11.3. The van der Waals surface area contributed by atoms with E-state index in [1.165, 1.54) is 12.1 Å². The Kier molecular flexibility index (Phi) is 5.44. The van der Waals surface area contributed by atoms with Crippen molar-refractivity contribution in [2.24, 2.45) is 10.9 Å². The van der Waals surface area contributed by atoms with Crippen molar-refractivity contribution < 1.29 is 18.4 Å². The summed E-state index contributed by atoms with van der Waals surface area (Å²) in [5, 5.41) is 11.6. The normalized spacial score (nSPS) is 12.4. The fraction of sp³-hybridized carbons (Fsp3) is 0.364. The average Bonchev–Trinajstić information content (AvgIpc) is 2.39. The molecule has 0 aliphatic heterocycles. The summed E-state index contributed by atoms with van der Waals surface area (Å²) >= 11 is 5.95. The third kappa shape index (κ3) is 4.60. The zero-order valence-electron chi connectivity index (χ0n) is 10.3. The van der Waals surface area contributed by atoms with E-state index >= 15 is 0 Å². The molecule has 0 fully saturated rings. The van der Waals surface area contributed by atoms with Gasteiger partial charge >= 0.3 is 0 Å². The van der Waals surface area contributed by atoms with Crippen LogP contribution in [0.15, 0.2) is 23.4 Å². The molecule has 19 heavy (non-hydrogen) atoms. The molecule has 3 N–H and O–H groups in total. The van der Waals surface area contributed by atoms with Crippen LogP contribution in [0.5, 0.6) is 5.75 Å². The summed E-state index contributed by atoms with van der Waals surface area (Å²) in [6.07, 6.45) is 0. The van der Waals surface area contributed by atoms with Gasteiger partial charge in [-0.05, 0) is 18.2 Å². The van der Waals surface area contributed by atoms with Crippen molar-refractivity contribution in [1.29, 1.82) is 0 Å². The zero-order chi connectivity index (χ0) is 14.5. The Labute approximate surface area is 116 Å². The minimum absolute atomic E-state index is 0.0266. The number of ether oxygens (including phenoxy) is 1. The lowest BCUT2D eigenvalue weighted by Gasteiger charge is -2.09. The van der Waals surface area contributed by atoms with Crippen LogP contribution in [0.4, 0.5) is 0 Å². The highest BCUT2D eigenvalue weighted by atomic mass is 35.5. The molecule has 0 amide bonds. The highest BCUT2D eigenvalue weighted by molar-refractivity contribution is 7.91. The number of hydrogen-bond donors (Lipinski definition) is 2. The number of hydrogen-bond acceptors (Lipinski definition) is 5. The standard InChI is InChI=1S/C11H15ClN2O4S/c1-2-19(16,17)6-5-18-10-4-3-8(7-9(10)12)11(13)14-15/h3-4,7,15H,2,5-6H2,1H3,(H2,13,14). The van der Waals surface area contributed by atoms with Gasteiger partial charge in [-0.1, -0.05) is 23.7 Å². The molecule has 1 rings (SSSR count). The van der Waals surface area contributed by atoms with Gasteiger partial charge in [-0.2, -0.15) is 0 Å². The Balaban J connectivity index is 2.71. The van der Waals surface area contributed by atoms with E-state index in [9.17, 15) is 8.42 Å². The Morgan fingerprint density at radius 2 is 2.21 bits per heavy atom. The second-order valence-electron chi connectivity index (χ2n) is 3.72. The first-order valence-electron chi connectivity index (χ1n) is 5.50. The van der Waals surface area contributed by atoms with Crippen LogP contribution in [0.1, 0.15) is 12.5 Å². The zero-order valence-corrected chi connectivity index (χ0v) is 11.9. The molecule has 8 heteroatoms. The quantitative estimate of drug-likeness (QED) is 0.356. The maximum absolute atomic E-state index is 11.3. The predicted molar refractivity (Wildman–Crippen MR) is 73.8 cm³/mol. The minimum Gasteiger partial charge on any atom is -0.491 e. The van der Waals surface area contributed by atoms with Gasteiger partial charge in [0.05, 0.1) is 10.8 Å². The lowest BCUT2D eigenvalue weighted by Crippen LogP contribution is -2.16. The van der Waals surface area contributed by atoms with Crippen molar-refractivity contribution in [3.05, 3.63) is 28.8 Å². The van der Waals surface area contributed by atoms with Crippen LogP contribution in [0, 0.1) is 0 Å². The molecule has 0 radical (unpaired) electrons. The van der Waals surface area contributed by atoms with E-state index in [-0.39, 0.29) is 29.0 Å². The van der Waals surface area contributed by atoms with E-state index in [0.717, 1.165) is 0 Å². The first-order chi connectivity index (χ1) is 8.89. The fourth-order valence-corrected chi connectivity index (χ4v) is 2.12. The lowest BCUT2D eigenvalue weighted by molar-refractivity contribution is 0.318. The van der Waals surface area contributed by atoms with E-state index in [4.69, 9.17) is 27.3 Å². The van der Waals surface area contributed by atoms with Crippen LogP contribution < -0.4 is 10.5 Å². The average molecular weight is 307 g/mol. The van der Waals surface area contributed by atoms with Gasteiger partial charge in [0.15, 0.2) is 15.7 Å². The van der Waals surface area contributed by atoms with Gasteiger partial charge in [0.2, 0.25) is 0 Å². The third-order valence-corrected chi connectivity index (χ3v) is 4.39. The van der Waals surface area contributed by atoms with Crippen LogP contribution >= 0.6 is 11.6 Å². The third-order valence-electron chi connectivity index (χ3n) is 2.43. The van der Waals surface area contributed by atoms with E-state index in [2.05, 4.69) is 5.16 Å². The minimum atomic E-state index is -3.07. The van der Waals surface area contributed by atoms with E-state index in [1.807, 2.05) is 0 Å². The lowest BCUT2D eigenvalue weighted by atomic mass is 10.2. The summed E-state index contributed by atoms with van der Waals surface area (Å²) in [7, 11) is -3.07. The number of nitrogens with two attached hydrogens (primary N) is 1. The first-order valence-corrected chi connectivity index (χ1v) is 7.70. The van der Waals surface area contributed by atoms with Gasteiger partial charge in [0.1, 0.15) is 12.4 Å². The topological polar surface area (TPSA) is 102 Å². The molecule has 1 aromatic carbocycles. The van der Waals surface area contributed by atoms with Gasteiger partial charge in [-0.3, -0.25) is 0 Å². The van der Waals surface area contributed by atoms with Crippen LogP contribution in [0.25, 0.3) is 0 Å². The molecule has 0 bridgehead atoms. The first kappa shape index (κ1) is 15.6. The molecule has 0 unspecified atom stereocenters. The van der Waals surface area contributed by atoms with Crippen LogP contribution in [-0.2, 0) is 9.84 Å². The summed E-state index contributed by atoms with van der Waals surface area (Å²) in [6.45, 7) is 1.60. The van der Waals surface area contributed by atoms with E-state index in [0.29, 0.717) is 11.3 Å². The van der Waals surface area contributed by atoms with Gasteiger partial charge in [-0.15, -0.1) is 0 Å². The second kappa shape index (κ2) is 6.63. The highest BCUT2D eigenvalue weighted by Crippen LogP contribution is 2.25. The summed E-state index contributed by atoms with van der Waals surface area (Å²) in [4.78, 5) is 0. The fourth-order valence-electron chi connectivity index (χ4n) is 1.26. The van der Waals surface area contributed by atoms with E-state index in [1.54, 1.807) is 13.0 Å². The van der Waals surface area contributed by atoms with Crippen LogP contribution in [0.2, 0.25) is 5.02 Å². The molecule has 0 saturated heterocycles. The number of benzene rings is 1. The Morgan fingerprint density at radius 3 is 2.74 bits per heavy atom. The van der Waals surface area contributed by atoms with Crippen molar-refractivity contribution in [3.8, 4) is 5.75 Å². The highest BCUT2D eigenvalue weighted by Gasteiger charge is 2.10. The molecule has 6 nitrogen and oxygen atoms in total. The number of halogens is 1. The van der Waals surface area contributed by atoms with Crippen molar-refractivity contribution in [1.82, 2.24) is 0 Å². The number of sulfone groups is 1. The molecule has 0 aliphatic rings. The monoisotopic (exact) mass is 306 g/mol. The van der Waals surface area contributed by atoms with Crippen LogP contribution in [-0.4, -0.2) is 37.6 Å². The van der Waals surface area contributed by atoms with Crippen molar-refractivity contribution in [3.63, 3.8) is 0 Å². The van der Waals surface area contributed by atoms with E-state index < -0.39 is 9.84 Å². The van der Waals surface area contributed by atoms with Gasteiger partial charge < -0.3 is 15.7 Å². The molecule has 0 saturated carbocycles. The summed E-state index contributed by atoms with van der Waals surface area (Å²) in [6, 6.07) is 4.57. The molecule has 1 aromatic rings. The van der Waals surface area contributed by atoms with Crippen molar-refractivity contribution in [2.45, 2.75) is 6.92 Å². The van der Waals surface area contributed by atoms with Gasteiger partial charge in [0, 0.05) is 11.3 Å². The summed E-state index contributed by atoms with van der Waals surface area (Å²) in [5.41, 5.74) is 5.86.